The molecule has 0 amide bonds. The fraction of sp³-hybridized carbons (Fsp3) is 0.636. The van der Waals surface area contributed by atoms with Gasteiger partial charge in [-0.2, -0.15) is 0 Å². The zero-order valence-corrected chi connectivity index (χ0v) is 10.3. The van der Waals surface area contributed by atoms with Gasteiger partial charge in [-0.05, 0) is 32.8 Å². The average Bonchev–Trinajstić information content (AvgIpc) is 2.15. The van der Waals surface area contributed by atoms with E-state index in [-0.39, 0.29) is 0 Å². The second-order valence-corrected chi connectivity index (χ2v) is 4.08. The Bertz CT molecular complexity index is 294. The molecule has 0 saturated carbocycles. The maximum atomic E-state index is 5.72. The van der Waals surface area contributed by atoms with Crippen molar-refractivity contribution in [3.8, 4) is 0 Å². The van der Waals surface area contributed by atoms with Crippen molar-refractivity contribution >= 4 is 17.5 Å². The summed E-state index contributed by atoms with van der Waals surface area (Å²) in [6, 6.07) is 2.33. The molecule has 84 valence electrons. The molecule has 0 fully saturated rings. The molecule has 0 bridgehead atoms. The first-order chi connectivity index (χ1) is 7.15. The fourth-order valence-electron chi connectivity index (χ4n) is 1.48. The SMILES string of the molecule is CCC(CCCl)Nc1nc(C)cc(C)n1. The molecular formula is C11H18ClN3. The van der Waals surface area contributed by atoms with Gasteiger partial charge < -0.3 is 5.32 Å². The summed E-state index contributed by atoms with van der Waals surface area (Å²) in [5, 5.41) is 3.30. The molecule has 1 atom stereocenters. The van der Waals surface area contributed by atoms with Gasteiger partial charge in [-0.25, -0.2) is 9.97 Å². The van der Waals surface area contributed by atoms with Crippen LogP contribution < -0.4 is 5.32 Å². The van der Waals surface area contributed by atoms with E-state index < -0.39 is 0 Å². The number of hydrogen-bond donors (Lipinski definition) is 1. The molecule has 1 rings (SSSR count). The van der Waals surface area contributed by atoms with Crippen molar-refractivity contribution in [2.24, 2.45) is 0 Å². The Morgan fingerprint density at radius 1 is 1.33 bits per heavy atom. The molecule has 1 unspecified atom stereocenters. The normalized spacial score (nSPS) is 12.5. The molecule has 0 aliphatic heterocycles. The first kappa shape index (κ1) is 12.2. The minimum Gasteiger partial charge on any atom is -0.351 e. The number of aromatic nitrogens is 2. The van der Waals surface area contributed by atoms with Gasteiger partial charge in [0, 0.05) is 23.3 Å². The molecule has 0 aromatic carbocycles. The van der Waals surface area contributed by atoms with Crippen LogP contribution >= 0.6 is 11.6 Å². The Labute approximate surface area is 96.3 Å². The molecule has 0 spiro atoms. The van der Waals surface area contributed by atoms with E-state index in [2.05, 4.69) is 22.2 Å². The zero-order chi connectivity index (χ0) is 11.3. The summed E-state index contributed by atoms with van der Waals surface area (Å²) in [4.78, 5) is 8.68. The fourth-order valence-corrected chi connectivity index (χ4v) is 1.75. The standard InChI is InChI=1S/C11H18ClN3/c1-4-10(5-6-12)15-11-13-8(2)7-9(3)14-11/h7,10H,4-6H2,1-3H3,(H,13,14,15). The molecule has 0 aliphatic carbocycles. The van der Waals surface area contributed by atoms with Crippen molar-refractivity contribution in [2.45, 2.75) is 39.7 Å². The van der Waals surface area contributed by atoms with E-state index in [1.807, 2.05) is 19.9 Å². The molecule has 1 aromatic heterocycles. The van der Waals surface area contributed by atoms with Gasteiger partial charge in [0.15, 0.2) is 0 Å². The number of nitrogens with zero attached hydrogens (tertiary/aromatic N) is 2. The lowest BCUT2D eigenvalue weighted by molar-refractivity contribution is 0.667. The van der Waals surface area contributed by atoms with E-state index in [1.54, 1.807) is 0 Å². The number of anilines is 1. The van der Waals surface area contributed by atoms with Gasteiger partial charge in [0.2, 0.25) is 5.95 Å². The second kappa shape index (κ2) is 5.91. The van der Waals surface area contributed by atoms with Crippen molar-refractivity contribution in [1.29, 1.82) is 0 Å². The summed E-state index contributed by atoms with van der Waals surface area (Å²) in [5.74, 6) is 1.38. The zero-order valence-electron chi connectivity index (χ0n) is 9.55. The van der Waals surface area contributed by atoms with Gasteiger partial charge in [0.05, 0.1) is 0 Å². The molecular weight excluding hydrogens is 210 g/mol. The Kier molecular flexibility index (Phi) is 4.82. The van der Waals surface area contributed by atoms with Gasteiger partial charge in [0.25, 0.3) is 0 Å². The number of halogens is 1. The van der Waals surface area contributed by atoms with Crippen LogP contribution in [0, 0.1) is 13.8 Å². The maximum absolute atomic E-state index is 5.72. The highest BCUT2D eigenvalue weighted by molar-refractivity contribution is 6.17. The predicted molar refractivity (Wildman–Crippen MR) is 64.5 cm³/mol. The second-order valence-electron chi connectivity index (χ2n) is 3.70. The third-order valence-electron chi connectivity index (χ3n) is 2.27. The van der Waals surface area contributed by atoms with Gasteiger partial charge in [0.1, 0.15) is 0 Å². The molecule has 15 heavy (non-hydrogen) atoms. The van der Waals surface area contributed by atoms with E-state index in [1.165, 1.54) is 0 Å². The third-order valence-corrected chi connectivity index (χ3v) is 2.48. The molecule has 0 aliphatic rings. The van der Waals surface area contributed by atoms with E-state index in [4.69, 9.17) is 11.6 Å². The van der Waals surface area contributed by atoms with Crippen LogP contribution in [0.25, 0.3) is 0 Å². The van der Waals surface area contributed by atoms with Gasteiger partial charge in [-0.15, -0.1) is 11.6 Å². The van der Waals surface area contributed by atoms with Crippen molar-refractivity contribution in [3.05, 3.63) is 17.5 Å². The molecule has 4 heteroatoms. The number of hydrogen-bond acceptors (Lipinski definition) is 3. The predicted octanol–water partition coefficient (Wildman–Crippen LogP) is 2.91. The first-order valence-electron chi connectivity index (χ1n) is 5.30. The molecule has 1 heterocycles. The summed E-state index contributed by atoms with van der Waals surface area (Å²) in [6.45, 7) is 6.08. The summed E-state index contributed by atoms with van der Waals surface area (Å²) >= 11 is 5.72. The highest BCUT2D eigenvalue weighted by atomic mass is 35.5. The topological polar surface area (TPSA) is 37.8 Å². The van der Waals surface area contributed by atoms with Crippen LogP contribution in [-0.4, -0.2) is 21.9 Å². The molecule has 1 N–H and O–H groups in total. The number of nitrogens with one attached hydrogen (secondary N) is 1. The van der Waals surface area contributed by atoms with Crippen LogP contribution in [-0.2, 0) is 0 Å². The maximum Gasteiger partial charge on any atom is 0.223 e. The Morgan fingerprint density at radius 3 is 2.40 bits per heavy atom. The van der Waals surface area contributed by atoms with Crippen LogP contribution in [0.15, 0.2) is 6.07 Å². The Morgan fingerprint density at radius 2 is 1.93 bits per heavy atom. The van der Waals surface area contributed by atoms with Crippen LogP contribution in [0.5, 0.6) is 0 Å². The summed E-state index contributed by atoms with van der Waals surface area (Å²) in [7, 11) is 0. The molecule has 3 nitrogen and oxygen atoms in total. The Balaban J connectivity index is 2.69. The van der Waals surface area contributed by atoms with Crippen molar-refractivity contribution in [3.63, 3.8) is 0 Å². The van der Waals surface area contributed by atoms with Crippen LogP contribution in [0.4, 0.5) is 5.95 Å². The van der Waals surface area contributed by atoms with Crippen molar-refractivity contribution in [1.82, 2.24) is 9.97 Å². The highest BCUT2D eigenvalue weighted by Crippen LogP contribution is 2.09. The van der Waals surface area contributed by atoms with E-state index >= 15 is 0 Å². The van der Waals surface area contributed by atoms with Crippen molar-refractivity contribution < 1.29 is 0 Å². The third kappa shape index (κ3) is 4.04. The average molecular weight is 228 g/mol. The molecule has 0 saturated heterocycles. The molecule has 1 aromatic rings. The van der Waals surface area contributed by atoms with Crippen LogP contribution in [0.2, 0.25) is 0 Å². The lowest BCUT2D eigenvalue weighted by Gasteiger charge is -2.15. The number of rotatable bonds is 5. The number of alkyl halides is 1. The van der Waals surface area contributed by atoms with Gasteiger partial charge >= 0.3 is 0 Å². The molecule has 0 radical (unpaired) electrons. The van der Waals surface area contributed by atoms with Gasteiger partial charge in [-0.3, -0.25) is 0 Å². The quantitative estimate of drug-likeness (QED) is 0.786. The van der Waals surface area contributed by atoms with E-state index in [9.17, 15) is 0 Å². The minimum atomic E-state index is 0.365. The highest BCUT2D eigenvalue weighted by Gasteiger charge is 2.07. The monoisotopic (exact) mass is 227 g/mol. The van der Waals surface area contributed by atoms with Crippen molar-refractivity contribution in [2.75, 3.05) is 11.2 Å². The Hall–Kier alpha value is -0.830. The van der Waals surface area contributed by atoms with Crippen LogP contribution in [0.3, 0.4) is 0 Å². The van der Waals surface area contributed by atoms with Gasteiger partial charge in [-0.1, -0.05) is 6.92 Å². The lowest BCUT2D eigenvalue weighted by Crippen LogP contribution is -2.20. The first-order valence-corrected chi connectivity index (χ1v) is 5.84. The summed E-state index contributed by atoms with van der Waals surface area (Å²) < 4.78 is 0. The van der Waals surface area contributed by atoms with E-state index in [0.717, 1.165) is 24.2 Å². The summed E-state index contributed by atoms with van der Waals surface area (Å²) in [6.07, 6.45) is 1.97. The largest absolute Gasteiger partial charge is 0.351 e. The van der Waals surface area contributed by atoms with Crippen LogP contribution in [0.1, 0.15) is 31.2 Å². The summed E-state index contributed by atoms with van der Waals surface area (Å²) in [5.41, 5.74) is 1.98. The lowest BCUT2D eigenvalue weighted by atomic mass is 10.2. The smallest absolute Gasteiger partial charge is 0.223 e. The minimum absolute atomic E-state index is 0.365. The van der Waals surface area contributed by atoms with E-state index in [0.29, 0.717) is 17.9 Å². The number of aryl methyl sites for hydroxylation is 2.